The van der Waals surface area contributed by atoms with Gasteiger partial charge in [-0.2, -0.15) is 0 Å². The first-order chi connectivity index (χ1) is 11.6. The maximum atomic E-state index is 12.3. The molecule has 1 aliphatic rings. The molecule has 6 heteroatoms. The van der Waals surface area contributed by atoms with E-state index in [1.54, 1.807) is 6.20 Å². The molecule has 124 valence electrons. The summed E-state index contributed by atoms with van der Waals surface area (Å²) in [6.45, 7) is 5.92. The van der Waals surface area contributed by atoms with Crippen molar-refractivity contribution in [3.63, 3.8) is 0 Å². The number of nitrogens with one attached hydrogen (secondary N) is 2. The summed E-state index contributed by atoms with van der Waals surface area (Å²) in [7, 11) is 0. The highest BCUT2D eigenvalue weighted by Gasteiger charge is 2.37. The third kappa shape index (κ3) is 3.08. The Labute approximate surface area is 140 Å². The molecule has 0 saturated carbocycles. The van der Waals surface area contributed by atoms with Crippen molar-refractivity contribution >= 4 is 11.8 Å². The molecule has 6 nitrogen and oxygen atoms in total. The lowest BCUT2D eigenvalue weighted by Crippen LogP contribution is -2.58. The lowest BCUT2D eigenvalue weighted by molar-refractivity contribution is -0.144. The number of aromatic nitrogens is 2. The third-order valence-corrected chi connectivity index (χ3v) is 4.23. The number of nitrogens with zero attached hydrogens (tertiary/aromatic N) is 2. The number of amides is 2. The van der Waals surface area contributed by atoms with E-state index in [-0.39, 0.29) is 17.9 Å². The molecule has 0 bridgehead atoms. The number of rotatable bonds is 5. The third-order valence-electron chi connectivity index (χ3n) is 4.23. The molecule has 2 aromatic rings. The molecule has 2 N–H and O–H groups in total. The topological polar surface area (TPSA) is 78.1 Å². The molecular weight excluding hydrogens is 304 g/mol. The van der Waals surface area contributed by atoms with Crippen LogP contribution in [0.5, 0.6) is 0 Å². The largest absolute Gasteiger partial charge is 0.345 e. The van der Waals surface area contributed by atoms with E-state index in [1.165, 1.54) is 11.0 Å². The molecule has 24 heavy (non-hydrogen) atoms. The zero-order chi connectivity index (χ0) is 17.1. The van der Waals surface area contributed by atoms with Crippen LogP contribution in [-0.4, -0.2) is 39.3 Å². The molecule has 1 saturated heterocycles. The van der Waals surface area contributed by atoms with Crippen molar-refractivity contribution in [1.29, 1.82) is 0 Å². The highest BCUT2D eigenvalue weighted by molar-refractivity contribution is 5.94. The van der Waals surface area contributed by atoms with Crippen molar-refractivity contribution < 1.29 is 9.59 Å². The van der Waals surface area contributed by atoms with Crippen LogP contribution >= 0.6 is 0 Å². The molecule has 1 aliphatic heterocycles. The molecule has 0 spiro atoms. The number of aromatic amines is 1. The SMILES string of the molecule is C=CC(=O)N1CCC1C(=O)N[C@@H](C)c1ncc(-c2ccccc2)[nH]1. The van der Waals surface area contributed by atoms with E-state index in [0.29, 0.717) is 18.8 Å². The Bertz CT molecular complexity index is 753. The Morgan fingerprint density at radius 3 is 2.79 bits per heavy atom. The van der Waals surface area contributed by atoms with Gasteiger partial charge in [0.25, 0.3) is 0 Å². The fourth-order valence-corrected chi connectivity index (χ4v) is 2.74. The van der Waals surface area contributed by atoms with Gasteiger partial charge in [-0.25, -0.2) is 4.98 Å². The van der Waals surface area contributed by atoms with Crippen LogP contribution in [0.15, 0.2) is 49.2 Å². The van der Waals surface area contributed by atoms with E-state index in [2.05, 4.69) is 21.9 Å². The van der Waals surface area contributed by atoms with Crippen molar-refractivity contribution in [3.05, 3.63) is 55.0 Å². The summed E-state index contributed by atoms with van der Waals surface area (Å²) in [6.07, 6.45) is 3.66. The molecule has 1 fully saturated rings. The van der Waals surface area contributed by atoms with Gasteiger partial charge in [0.1, 0.15) is 11.9 Å². The minimum absolute atomic E-state index is 0.165. The smallest absolute Gasteiger partial charge is 0.246 e. The number of carbonyl (C=O) groups excluding carboxylic acids is 2. The number of H-pyrrole nitrogens is 1. The molecule has 3 rings (SSSR count). The van der Waals surface area contributed by atoms with Crippen molar-refractivity contribution in [2.75, 3.05) is 6.54 Å². The minimum Gasteiger partial charge on any atom is -0.345 e. The van der Waals surface area contributed by atoms with Crippen LogP contribution in [0, 0.1) is 0 Å². The van der Waals surface area contributed by atoms with Crippen LogP contribution in [-0.2, 0) is 9.59 Å². The first-order valence-corrected chi connectivity index (χ1v) is 7.94. The van der Waals surface area contributed by atoms with Crippen molar-refractivity contribution in [2.24, 2.45) is 0 Å². The molecule has 1 aromatic carbocycles. The van der Waals surface area contributed by atoms with Crippen molar-refractivity contribution in [1.82, 2.24) is 20.2 Å². The van der Waals surface area contributed by atoms with Gasteiger partial charge in [-0.15, -0.1) is 0 Å². The van der Waals surface area contributed by atoms with Gasteiger partial charge in [0, 0.05) is 6.54 Å². The Kier molecular flexibility index (Phi) is 4.46. The Morgan fingerprint density at radius 1 is 1.42 bits per heavy atom. The summed E-state index contributed by atoms with van der Waals surface area (Å²) in [4.78, 5) is 33.1. The molecule has 2 amide bonds. The summed E-state index contributed by atoms with van der Waals surface area (Å²) in [6, 6.07) is 9.18. The van der Waals surface area contributed by atoms with Gasteiger partial charge in [0.2, 0.25) is 11.8 Å². The molecule has 1 unspecified atom stereocenters. The lowest BCUT2D eigenvalue weighted by atomic mass is 10.0. The van der Waals surface area contributed by atoms with E-state index in [1.807, 2.05) is 37.3 Å². The van der Waals surface area contributed by atoms with Gasteiger partial charge >= 0.3 is 0 Å². The maximum absolute atomic E-state index is 12.3. The summed E-state index contributed by atoms with van der Waals surface area (Å²) >= 11 is 0. The highest BCUT2D eigenvalue weighted by Crippen LogP contribution is 2.21. The monoisotopic (exact) mass is 324 g/mol. The van der Waals surface area contributed by atoms with E-state index < -0.39 is 6.04 Å². The van der Waals surface area contributed by atoms with E-state index in [0.717, 1.165) is 11.3 Å². The number of likely N-dealkylation sites (tertiary alicyclic amines) is 1. The molecule has 2 heterocycles. The first kappa shape index (κ1) is 16.0. The number of hydrogen-bond acceptors (Lipinski definition) is 3. The average Bonchev–Trinajstić information content (AvgIpc) is 3.04. The molecule has 2 atom stereocenters. The van der Waals surface area contributed by atoms with Crippen LogP contribution in [0.4, 0.5) is 0 Å². The number of imidazole rings is 1. The zero-order valence-electron chi connectivity index (χ0n) is 13.5. The van der Waals surface area contributed by atoms with Crippen LogP contribution in [0.1, 0.15) is 25.2 Å². The van der Waals surface area contributed by atoms with Crippen LogP contribution in [0.2, 0.25) is 0 Å². The Morgan fingerprint density at radius 2 is 2.17 bits per heavy atom. The van der Waals surface area contributed by atoms with Gasteiger partial charge < -0.3 is 15.2 Å². The number of benzene rings is 1. The van der Waals surface area contributed by atoms with Gasteiger partial charge in [0.05, 0.1) is 17.9 Å². The fourth-order valence-electron chi connectivity index (χ4n) is 2.74. The zero-order valence-corrected chi connectivity index (χ0v) is 13.5. The summed E-state index contributed by atoms with van der Waals surface area (Å²) in [5.74, 6) is 0.308. The van der Waals surface area contributed by atoms with Crippen molar-refractivity contribution in [2.45, 2.75) is 25.4 Å². The Balaban J connectivity index is 1.64. The van der Waals surface area contributed by atoms with E-state index in [4.69, 9.17) is 0 Å². The number of carbonyl (C=O) groups is 2. The maximum Gasteiger partial charge on any atom is 0.246 e. The number of hydrogen-bond donors (Lipinski definition) is 2. The Hall–Kier alpha value is -2.89. The fraction of sp³-hybridized carbons (Fsp3) is 0.278. The van der Waals surface area contributed by atoms with Crippen molar-refractivity contribution in [3.8, 4) is 11.3 Å². The lowest BCUT2D eigenvalue weighted by Gasteiger charge is -2.39. The average molecular weight is 324 g/mol. The van der Waals surface area contributed by atoms with Gasteiger partial charge in [0.15, 0.2) is 0 Å². The van der Waals surface area contributed by atoms with Crippen LogP contribution in [0.3, 0.4) is 0 Å². The standard InChI is InChI=1S/C18H20N4O2/c1-3-16(23)22-10-9-15(22)18(24)20-12(2)17-19-11-14(21-17)13-7-5-4-6-8-13/h3-8,11-12,15H,1,9-10H2,2H3,(H,19,21)(H,20,24)/t12-,15?/m0/s1. The molecule has 1 aromatic heterocycles. The summed E-state index contributed by atoms with van der Waals surface area (Å²) in [5, 5.41) is 2.91. The van der Waals surface area contributed by atoms with E-state index in [9.17, 15) is 9.59 Å². The second-order valence-electron chi connectivity index (χ2n) is 5.82. The predicted octanol–water partition coefficient (Wildman–Crippen LogP) is 2.04. The van der Waals surface area contributed by atoms with Gasteiger partial charge in [-0.1, -0.05) is 36.9 Å². The molecular formula is C18H20N4O2. The second-order valence-corrected chi connectivity index (χ2v) is 5.82. The normalized spacial score (nSPS) is 17.7. The quantitative estimate of drug-likeness (QED) is 0.826. The van der Waals surface area contributed by atoms with Gasteiger partial charge in [-0.3, -0.25) is 9.59 Å². The minimum atomic E-state index is -0.415. The highest BCUT2D eigenvalue weighted by atomic mass is 16.2. The van der Waals surface area contributed by atoms with Crippen LogP contribution < -0.4 is 5.32 Å². The van der Waals surface area contributed by atoms with Gasteiger partial charge in [-0.05, 0) is 25.0 Å². The molecule has 0 radical (unpaired) electrons. The first-order valence-electron chi connectivity index (χ1n) is 7.94. The summed E-state index contributed by atoms with van der Waals surface area (Å²) in [5.41, 5.74) is 1.94. The van der Waals surface area contributed by atoms with Crippen LogP contribution in [0.25, 0.3) is 11.3 Å². The molecule has 0 aliphatic carbocycles. The summed E-state index contributed by atoms with van der Waals surface area (Å²) < 4.78 is 0. The van der Waals surface area contributed by atoms with E-state index >= 15 is 0 Å². The second kappa shape index (κ2) is 6.70. The predicted molar refractivity (Wildman–Crippen MR) is 90.9 cm³/mol.